The molecular formula is C10H21N. The van der Waals surface area contributed by atoms with Crippen LogP contribution in [-0.4, -0.2) is 13.1 Å². The van der Waals surface area contributed by atoms with Crippen LogP contribution in [0.3, 0.4) is 0 Å². The molecule has 0 amide bonds. The summed E-state index contributed by atoms with van der Waals surface area (Å²) in [5.41, 5.74) is 0. The molecule has 0 rings (SSSR count). The van der Waals surface area contributed by atoms with Crippen LogP contribution < -0.4 is 5.32 Å². The van der Waals surface area contributed by atoms with Gasteiger partial charge >= 0.3 is 0 Å². The van der Waals surface area contributed by atoms with Gasteiger partial charge in [-0.25, -0.2) is 0 Å². The Morgan fingerprint density at radius 1 is 1.09 bits per heavy atom. The zero-order valence-electron chi connectivity index (χ0n) is 7.90. The first-order valence-corrected chi connectivity index (χ1v) is 4.77. The fourth-order valence-corrected chi connectivity index (χ4v) is 0.920. The van der Waals surface area contributed by atoms with Crippen molar-refractivity contribution in [3.63, 3.8) is 0 Å². The van der Waals surface area contributed by atoms with Crippen molar-refractivity contribution in [1.29, 1.82) is 0 Å². The maximum atomic E-state index is 3.29. The normalized spacial score (nSPS) is 11.1. The average Bonchev–Trinajstić information content (AvgIpc) is 2.03. The fraction of sp³-hybridized carbons (Fsp3) is 0.800. The maximum Gasteiger partial charge on any atom is -0.00144 e. The van der Waals surface area contributed by atoms with Gasteiger partial charge in [0.25, 0.3) is 0 Å². The Balaban J connectivity index is 2.91. The molecule has 1 heteroatoms. The zero-order chi connectivity index (χ0) is 8.36. The first-order chi connectivity index (χ1) is 5.41. The van der Waals surface area contributed by atoms with E-state index in [-0.39, 0.29) is 0 Å². The smallest absolute Gasteiger partial charge is 0.00144 e. The minimum absolute atomic E-state index is 1.09. The molecule has 0 aromatic carbocycles. The van der Waals surface area contributed by atoms with E-state index in [4.69, 9.17) is 0 Å². The van der Waals surface area contributed by atoms with E-state index < -0.39 is 0 Å². The lowest BCUT2D eigenvalue weighted by Crippen LogP contribution is -2.12. The van der Waals surface area contributed by atoms with E-state index >= 15 is 0 Å². The third kappa shape index (κ3) is 9.70. The molecule has 66 valence electrons. The van der Waals surface area contributed by atoms with Gasteiger partial charge in [-0.15, -0.1) is 0 Å². The van der Waals surface area contributed by atoms with E-state index in [1.807, 2.05) is 0 Å². The predicted molar refractivity (Wildman–Crippen MR) is 51.8 cm³/mol. The van der Waals surface area contributed by atoms with Gasteiger partial charge < -0.3 is 5.32 Å². The number of rotatable bonds is 7. The van der Waals surface area contributed by atoms with Crippen LogP contribution in [0.5, 0.6) is 0 Å². The highest BCUT2D eigenvalue weighted by molar-refractivity contribution is 4.81. The van der Waals surface area contributed by atoms with Crippen molar-refractivity contribution in [3.05, 3.63) is 12.2 Å². The Hall–Kier alpha value is -0.300. The largest absolute Gasteiger partial charge is 0.317 e. The number of hydrogen-bond donors (Lipinski definition) is 1. The highest BCUT2D eigenvalue weighted by Crippen LogP contribution is 1.95. The molecule has 0 radical (unpaired) electrons. The Bertz CT molecular complexity index is 86.9. The van der Waals surface area contributed by atoms with E-state index in [1.165, 1.54) is 25.7 Å². The van der Waals surface area contributed by atoms with Crippen molar-refractivity contribution in [2.24, 2.45) is 0 Å². The summed E-state index contributed by atoms with van der Waals surface area (Å²) in [6.45, 7) is 6.58. The second-order valence-corrected chi connectivity index (χ2v) is 2.76. The summed E-state index contributed by atoms with van der Waals surface area (Å²) in [6.07, 6.45) is 9.63. The van der Waals surface area contributed by atoms with E-state index in [2.05, 4.69) is 31.3 Å². The molecule has 0 spiro atoms. The summed E-state index contributed by atoms with van der Waals surface area (Å²) in [7, 11) is 0. The Kier molecular flexibility index (Phi) is 9.44. The lowest BCUT2D eigenvalue weighted by Gasteiger charge is -1.95. The van der Waals surface area contributed by atoms with Gasteiger partial charge in [-0.05, 0) is 25.9 Å². The molecule has 0 aromatic rings. The number of unbranched alkanes of at least 4 members (excludes halogenated alkanes) is 2. The van der Waals surface area contributed by atoms with Crippen molar-refractivity contribution in [3.8, 4) is 0 Å². The number of allylic oxidation sites excluding steroid dienone is 1. The van der Waals surface area contributed by atoms with E-state index in [0.29, 0.717) is 0 Å². The Morgan fingerprint density at radius 2 is 1.82 bits per heavy atom. The summed E-state index contributed by atoms with van der Waals surface area (Å²) in [5, 5.41) is 3.29. The van der Waals surface area contributed by atoms with E-state index in [1.54, 1.807) is 0 Å². The van der Waals surface area contributed by atoms with Crippen molar-refractivity contribution in [2.75, 3.05) is 13.1 Å². The third-order valence-electron chi connectivity index (χ3n) is 1.63. The molecule has 0 saturated heterocycles. The molecule has 0 heterocycles. The van der Waals surface area contributed by atoms with Crippen LogP contribution in [0.1, 0.15) is 39.5 Å². The first kappa shape index (κ1) is 10.7. The van der Waals surface area contributed by atoms with Crippen LogP contribution in [0.15, 0.2) is 12.2 Å². The van der Waals surface area contributed by atoms with Gasteiger partial charge in [0.2, 0.25) is 0 Å². The van der Waals surface area contributed by atoms with Crippen molar-refractivity contribution >= 4 is 0 Å². The fourth-order valence-electron chi connectivity index (χ4n) is 0.920. The summed E-state index contributed by atoms with van der Waals surface area (Å²) in [6, 6.07) is 0. The van der Waals surface area contributed by atoms with Gasteiger partial charge in [0.1, 0.15) is 0 Å². The Morgan fingerprint density at radius 3 is 2.45 bits per heavy atom. The lowest BCUT2D eigenvalue weighted by molar-refractivity contribution is 0.724. The summed E-state index contributed by atoms with van der Waals surface area (Å²) >= 11 is 0. The van der Waals surface area contributed by atoms with Gasteiger partial charge in [-0.3, -0.25) is 0 Å². The molecule has 0 aromatic heterocycles. The minimum atomic E-state index is 1.09. The molecule has 0 saturated carbocycles. The minimum Gasteiger partial charge on any atom is -0.317 e. The quantitative estimate of drug-likeness (QED) is 0.440. The van der Waals surface area contributed by atoms with Crippen LogP contribution in [0.25, 0.3) is 0 Å². The Labute approximate surface area is 70.9 Å². The predicted octanol–water partition coefficient (Wildman–Crippen LogP) is 2.73. The second-order valence-electron chi connectivity index (χ2n) is 2.76. The molecule has 0 aliphatic heterocycles. The van der Waals surface area contributed by atoms with Crippen LogP contribution in [0, 0.1) is 0 Å². The van der Waals surface area contributed by atoms with Crippen LogP contribution >= 0.6 is 0 Å². The third-order valence-corrected chi connectivity index (χ3v) is 1.63. The topological polar surface area (TPSA) is 12.0 Å². The molecule has 0 aliphatic carbocycles. The van der Waals surface area contributed by atoms with Crippen molar-refractivity contribution < 1.29 is 0 Å². The van der Waals surface area contributed by atoms with E-state index in [0.717, 1.165) is 13.1 Å². The van der Waals surface area contributed by atoms with Gasteiger partial charge in [-0.2, -0.15) is 0 Å². The molecule has 1 nitrogen and oxygen atoms in total. The summed E-state index contributed by atoms with van der Waals surface area (Å²) < 4.78 is 0. The molecule has 0 bridgehead atoms. The summed E-state index contributed by atoms with van der Waals surface area (Å²) in [4.78, 5) is 0. The van der Waals surface area contributed by atoms with Gasteiger partial charge in [0.05, 0.1) is 0 Å². The standard InChI is InChI=1S/C10H21N/c1-3-5-6-7-8-9-10-11-4-2/h7-8,11H,3-6,9-10H2,1-2H3. The molecular weight excluding hydrogens is 134 g/mol. The van der Waals surface area contributed by atoms with Gasteiger partial charge in [-0.1, -0.05) is 38.8 Å². The second kappa shape index (κ2) is 9.70. The van der Waals surface area contributed by atoms with Crippen LogP contribution in [0.2, 0.25) is 0 Å². The maximum absolute atomic E-state index is 3.29. The molecule has 1 N–H and O–H groups in total. The lowest BCUT2D eigenvalue weighted by atomic mass is 10.2. The molecule has 0 unspecified atom stereocenters. The molecule has 11 heavy (non-hydrogen) atoms. The van der Waals surface area contributed by atoms with E-state index in [9.17, 15) is 0 Å². The summed E-state index contributed by atoms with van der Waals surface area (Å²) in [5.74, 6) is 0. The molecule has 0 aliphatic rings. The highest BCUT2D eigenvalue weighted by atomic mass is 14.8. The monoisotopic (exact) mass is 155 g/mol. The molecule has 0 fully saturated rings. The highest BCUT2D eigenvalue weighted by Gasteiger charge is 1.79. The SMILES string of the molecule is CCCCC=CCCNCC. The van der Waals surface area contributed by atoms with Crippen LogP contribution in [-0.2, 0) is 0 Å². The van der Waals surface area contributed by atoms with Crippen molar-refractivity contribution in [2.45, 2.75) is 39.5 Å². The average molecular weight is 155 g/mol. The molecule has 0 atom stereocenters. The number of nitrogens with one attached hydrogen (secondary N) is 1. The first-order valence-electron chi connectivity index (χ1n) is 4.77. The van der Waals surface area contributed by atoms with Gasteiger partial charge in [0.15, 0.2) is 0 Å². The van der Waals surface area contributed by atoms with Crippen molar-refractivity contribution in [1.82, 2.24) is 5.32 Å². The zero-order valence-corrected chi connectivity index (χ0v) is 7.90. The van der Waals surface area contributed by atoms with Gasteiger partial charge in [0, 0.05) is 0 Å². The van der Waals surface area contributed by atoms with Crippen LogP contribution in [0.4, 0.5) is 0 Å². The number of hydrogen-bond acceptors (Lipinski definition) is 1.